The lowest BCUT2D eigenvalue weighted by Gasteiger charge is -2.15. The molecular weight excluding hydrogens is 436 g/mol. The Kier molecular flexibility index (Phi) is 7.56. The number of aromatic nitrogens is 1. The molecule has 0 saturated heterocycles. The molecule has 5 heteroatoms. The van der Waals surface area contributed by atoms with E-state index in [4.69, 9.17) is 10.1 Å². The zero-order chi connectivity index (χ0) is 24.8. The fourth-order valence-electron chi connectivity index (χ4n) is 4.21. The maximum atomic E-state index is 13.0. The largest absolute Gasteiger partial charge is 0.481 e. The Bertz CT molecular complexity index is 1330. The number of carboxylic acid groups (broad SMARTS) is 1. The van der Waals surface area contributed by atoms with Crippen LogP contribution in [0.25, 0.3) is 22.2 Å². The van der Waals surface area contributed by atoms with Crippen molar-refractivity contribution in [3.8, 4) is 11.3 Å². The van der Waals surface area contributed by atoms with E-state index in [0.29, 0.717) is 12.0 Å². The van der Waals surface area contributed by atoms with Crippen molar-refractivity contribution in [3.63, 3.8) is 0 Å². The molecule has 2 N–H and O–H groups in total. The summed E-state index contributed by atoms with van der Waals surface area (Å²) in [6.07, 6.45) is 2.25. The summed E-state index contributed by atoms with van der Waals surface area (Å²) in [7, 11) is 0. The van der Waals surface area contributed by atoms with Crippen LogP contribution in [0.15, 0.2) is 78.9 Å². The van der Waals surface area contributed by atoms with Crippen LogP contribution in [0.2, 0.25) is 0 Å². The predicted octanol–water partition coefficient (Wildman–Crippen LogP) is 6.50. The first-order valence-electron chi connectivity index (χ1n) is 12.0. The van der Waals surface area contributed by atoms with E-state index in [2.05, 4.69) is 11.4 Å². The van der Waals surface area contributed by atoms with Gasteiger partial charge in [0.1, 0.15) is 0 Å². The SMILES string of the molecule is Cc1ccc([C@@H](C)NC(=O)c2ccc3nc(-c4ccccc4)c(CCCCC(=O)O)cc3c2)cc1. The van der Waals surface area contributed by atoms with Gasteiger partial charge in [-0.15, -0.1) is 0 Å². The summed E-state index contributed by atoms with van der Waals surface area (Å²) < 4.78 is 0. The molecule has 0 radical (unpaired) electrons. The molecule has 35 heavy (non-hydrogen) atoms. The van der Waals surface area contributed by atoms with Gasteiger partial charge in [0, 0.05) is 22.9 Å². The highest BCUT2D eigenvalue weighted by atomic mass is 16.4. The zero-order valence-electron chi connectivity index (χ0n) is 20.1. The van der Waals surface area contributed by atoms with E-state index >= 15 is 0 Å². The minimum atomic E-state index is -0.777. The summed E-state index contributed by atoms with van der Waals surface area (Å²) in [6, 6.07) is 25.7. The molecule has 1 heterocycles. The van der Waals surface area contributed by atoms with Crippen LogP contribution in [0.4, 0.5) is 0 Å². The molecule has 1 atom stereocenters. The number of hydrogen-bond donors (Lipinski definition) is 2. The van der Waals surface area contributed by atoms with Gasteiger partial charge in [0.15, 0.2) is 0 Å². The standard InChI is InChI=1S/C30H30N2O3/c1-20-12-14-22(15-13-20)21(2)31-30(35)25-16-17-27-26(19-25)18-24(10-6-7-11-28(33)34)29(32-27)23-8-4-3-5-9-23/h3-5,8-9,12-19,21H,6-7,10-11H2,1-2H3,(H,31,35)(H,33,34)/t21-/m1/s1. The summed E-state index contributed by atoms with van der Waals surface area (Å²) in [5.41, 5.74) is 6.63. The monoisotopic (exact) mass is 466 g/mol. The molecule has 0 saturated carbocycles. The number of pyridine rings is 1. The minimum absolute atomic E-state index is 0.109. The van der Waals surface area contributed by atoms with E-state index in [1.807, 2.05) is 86.6 Å². The fraction of sp³-hybridized carbons (Fsp3) is 0.233. The van der Waals surface area contributed by atoms with E-state index in [9.17, 15) is 9.59 Å². The molecule has 1 aromatic heterocycles. The van der Waals surface area contributed by atoms with E-state index in [1.54, 1.807) is 0 Å². The van der Waals surface area contributed by atoms with Gasteiger partial charge in [-0.1, -0.05) is 60.2 Å². The van der Waals surface area contributed by atoms with Gasteiger partial charge in [-0.05, 0) is 68.5 Å². The molecule has 0 aliphatic rings. The van der Waals surface area contributed by atoms with Crippen molar-refractivity contribution in [2.45, 2.75) is 45.6 Å². The highest BCUT2D eigenvalue weighted by Gasteiger charge is 2.14. The number of carbonyl (C=O) groups excluding carboxylic acids is 1. The Balaban J connectivity index is 1.61. The van der Waals surface area contributed by atoms with Gasteiger partial charge in [-0.3, -0.25) is 9.59 Å². The van der Waals surface area contributed by atoms with E-state index in [0.717, 1.165) is 46.1 Å². The molecule has 0 fully saturated rings. The third-order valence-electron chi connectivity index (χ3n) is 6.21. The van der Waals surface area contributed by atoms with Gasteiger partial charge in [-0.2, -0.15) is 0 Å². The predicted molar refractivity (Wildman–Crippen MR) is 139 cm³/mol. The summed E-state index contributed by atoms with van der Waals surface area (Å²) in [5, 5.41) is 12.9. The number of nitrogens with zero attached hydrogens (tertiary/aromatic N) is 1. The Labute approximate surface area is 205 Å². The number of amides is 1. The molecule has 0 aliphatic carbocycles. The number of fused-ring (bicyclic) bond motifs is 1. The number of nitrogens with one attached hydrogen (secondary N) is 1. The number of unbranched alkanes of at least 4 members (excludes halogenated alkanes) is 1. The summed E-state index contributed by atoms with van der Waals surface area (Å²) in [6.45, 7) is 4.02. The number of rotatable bonds is 9. The molecule has 5 nitrogen and oxygen atoms in total. The second-order valence-electron chi connectivity index (χ2n) is 8.98. The number of benzene rings is 3. The second kappa shape index (κ2) is 11.0. The van der Waals surface area contributed by atoms with Crippen molar-refractivity contribution in [3.05, 3.63) is 101 Å². The number of carbonyl (C=O) groups is 2. The molecule has 4 aromatic rings. The van der Waals surface area contributed by atoms with E-state index in [1.165, 1.54) is 5.56 Å². The van der Waals surface area contributed by atoms with Gasteiger partial charge >= 0.3 is 5.97 Å². The van der Waals surface area contributed by atoms with Crippen LogP contribution < -0.4 is 5.32 Å². The van der Waals surface area contributed by atoms with Crippen LogP contribution in [-0.4, -0.2) is 22.0 Å². The van der Waals surface area contributed by atoms with E-state index < -0.39 is 5.97 Å². The first-order valence-corrected chi connectivity index (χ1v) is 12.0. The van der Waals surface area contributed by atoms with Crippen molar-refractivity contribution in [1.82, 2.24) is 10.3 Å². The van der Waals surface area contributed by atoms with Crippen molar-refractivity contribution < 1.29 is 14.7 Å². The molecule has 0 aliphatic heterocycles. The lowest BCUT2D eigenvalue weighted by molar-refractivity contribution is -0.137. The maximum absolute atomic E-state index is 13.0. The molecule has 4 rings (SSSR count). The quantitative estimate of drug-likeness (QED) is 0.276. The second-order valence-corrected chi connectivity index (χ2v) is 8.98. The normalized spacial score (nSPS) is 11.8. The Morgan fingerprint density at radius 3 is 2.40 bits per heavy atom. The van der Waals surface area contributed by atoms with Crippen molar-refractivity contribution in [2.75, 3.05) is 0 Å². The Morgan fingerprint density at radius 2 is 1.69 bits per heavy atom. The average Bonchev–Trinajstić information content (AvgIpc) is 2.86. The van der Waals surface area contributed by atoms with Crippen molar-refractivity contribution in [2.24, 2.45) is 0 Å². The summed E-state index contributed by atoms with van der Waals surface area (Å²) in [4.78, 5) is 28.8. The van der Waals surface area contributed by atoms with E-state index in [-0.39, 0.29) is 18.4 Å². The van der Waals surface area contributed by atoms with Gasteiger partial charge in [-0.25, -0.2) is 4.98 Å². The molecule has 0 unspecified atom stereocenters. The third-order valence-corrected chi connectivity index (χ3v) is 6.21. The molecule has 178 valence electrons. The van der Waals surface area contributed by atoms with Gasteiger partial charge < -0.3 is 10.4 Å². The van der Waals surface area contributed by atoms with Gasteiger partial charge in [0.25, 0.3) is 5.91 Å². The highest BCUT2D eigenvalue weighted by Crippen LogP contribution is 2.28. The molecule has 1 amide bonds. The molecule has 0 bridgehead atoms. The van der Waals surface area contributed by atoms with Crippen LogP contribution in [-0.2, 0) is 11.2 Å². The van der Waals surface area contributed by atoms with Crippen LogP contribution in [0.1, 0.15) is 59.3 Å². The fourth-order valence-corrected chi connectivity index (χ4v) is 4.21. The van der Waals surface area contributed by atoms with Crippen LogP contribution in [0, 0.1) is 6.92 Å². The van der Waals surface area contributed by atoms with Crippen LogP contribution in [0.3, 0.4) is 0 Å². The van der Waals surface area contributed by atoms with Crippen molar-refractivity contribution >= 4 is 22.8 Å². The number of aliphatic carboxylic acids is 1. The zero-order valence-corrected chi connectivity index (χ0v) is 20.1. The van der Waals surface area contributed by atoms with Gasteiger partial charge in [0.2, 0.25) is 0 Å². The average molecular weight is 467 g/mol. The first-order chi connectivity index (χ1) is 16.9. The lowest BCUT2D eigenvalue weighted by atomic mass is 9.98. The van der Waals surface area contributed by atoms with Crippen LogP contribution >= 0.6 is 0 Å². The summed E-state index contributed by atoms with van der Waals surface area (Å²) in [5.74, 6) is -0.907. The number of aryl methyl sites for hydroxylation is 2. The Hall–Kier alpha value is -3.99. The highest BCUT2D eigenvalue weighted by molar-refractivity contribution is 5.98. The van der Waals surface area contributed by atoms with Crippen molar-refractivity contribution in [1.29, 1.82) is 0 Å². The summed E-state index contributed by atoms with van der Waals surface area (Å²) >= 11 is 0. The molecule has 0 spiro atoms. The maximum Gasteiger partial charge on any atom is 0.303 e. The first kappa shape index (κ1) is 24.1. The smallest absolute Gasteiger partial charge is 0.303 e. The van der Waals surface area contributed by atoms with Gasteiger partial charge in [0.05, 0.1) is 17.3 Å². The molecule has 3 aromatic carbocycles. The Morgan fingerprint density at radius 1 is 0.943 bits per heavy atom. The third kappa shape index (κ3) is 6.12. The van der Waals surface area contributed by atoms with Crippen LogP contribution in [0.5, 0.6) is 0 Å². The minimum Gasteiger partial charge on any atom is -0.481 e. The number of carboxylic acids is 1. The lowest BCUT2D eigenvalue weighted by Crippen LogP contribution is -2.26. The topological polar surface area (TPSA) is 79.3 Å². The molecular formula is C30H30N2O3. The number of hydrogen-bond acceptors (Lipinski definition) is 3.